The number of piperidine rings is 1. The van der Waals surface area contributed by atoms with Gasteiger partial charge >= 0.3 is 6.09 Å². The van der Waals surface area contributed by atoms with E-state index in [0.29, 0.717) is 6.04 Å². The summed E-state index contributed by atoms with van der Waals surface area (Å²) in [4.78, 5) is 16.6. The molecule has 1 saturated heterocycles. The van der Waals surface area contributed by atoms with Crippen LogP contribution in [0.3, 0.4) is 0 Å². The van der Waals surface area contributed by atoms with E-state index in [0.717, 1.165) is 45.4 Å². The SMILES string of the molecule is Cc1ccc2c(c1)CCN(C1CCN(C(=O)OC(C)(C)C)CC1)C2. The highest BCUT2D eigenvalue weighted by Crippen LogP contribution is 2.26. The summed E-state index contributed by atoms with van der Waals surface area (Å²) in [5.41, 5.74) is 3.93. The molecule has 1 aromatic carbocycles. The molecule has 3 rings (SSSR count). The van der Waals surface area contributed by atoms with E-state index < -0.39 is 5.60 Å². The summed E-state index contributed by atoms with van der Waals surface area (Å²) in [6, 6.07) is 7.41. The standard InChI is InChI=1S/C20H30N2O2/c1-15-5-6-17-14-22(10-7-16(17)13-15)18-8-11-21(12-9-18)19(23)24-20(2,3)4/h5-6,13,18H,7-12,14H2,1-4H3. The molecule has 4 heteroatoms. The minimum atomic E-state index is -0.414. The summed E-state index contributed by atoms with van der Waals surface area (Å²) >= 11 is 0. The number of amides is 1. The second kappa shape index (κ2) is 6.75. The fraction of sp³-hybridized carbons (Fsp3) is 0.650. The van der Waals surface area contributed by atoms with E-state index in [-0.39, 0.29) is 6.09 Å². The van der Waals surface area contributed by atoms with Crippen molar-refractivity contribution in [1.29, 1.82) is 0 Å². The smallest absolute Gasteiger partial charge is 0.410 e. The number of nitrogens with zero attached hydrogens (tertiary/aromatic N) is 2. The molecule has 24 heavy (non-hydrogen) atoms. The zero-order chi connectivity index (χ0) is 17.3. The number of rotatable bonds is 1. The molecule has 2 aliphatic heterocycles. The van der Waals surface area contributed by atoms with Crippen molar-refractivity contribution in [2.45, 2.75) is 65.1 Å². The van der Waals surface area contributed by atoms with Crippen molar-refractivity contribution in [3.63, 3.8) is 0 Å². The fourth-order valence-electron chi connectivity index (χ4n) is 3.76. The van der Waals surface area contributed by atoms with Gasteiger partial charge in [0.15, 0.2) is 0 Å². The predicted molar refractivity (Wildman–Crippen MR) is 96.1 cm³/mol. The normalized spacial score (nSPS) is 19.9. The molecule has 0 spiro atoms. The highest BCUT2D eigenvalue weighted by atomic mass is 16.6. The summed E-state index contributed by atoms with van der Waals surface area (Å²) < 4.78 is 5.49. The molecule has 1 aromatic rings. The van der Waals surface area contributed by atoms with Gasteiger partial charge in [-0.15, -0.1) is 0 Å². The van der Waals surface area contributed by atoms with Crippen LogP contribution in [0.2, 0.25) is 0 Å². The lowest BCUT2D eigenvalue weighted by Crippen LogP contribution is -2.49. The first-order valence-electron chi connectivity index (χ1n) is 9.12. The number of aryl methyl sites for hydroxylation is 1. The Bertz CT molecular complexity index is 598. The monoisotopic (exact) mass is 330 g/mol. The van der Waals surface area contributed by atoms with Crippen LogP contribution in [-0.2, 0) is 17.7 Å². The van der Waals surface area contributed by atoms with Crippen LogP contribution in [0.4, 0.5) is 4.79 Å². The number of benzene rings is 1. The Morgan fingerprint density at radius 2 is 1.83 bits per heavy atom. The number of carbonyl (C=O) groups excluding carboxylic acids is 1. The van der Waals surface area contributed by atoms with Gasteiger partial charge in [0.1, 0.15) is 5.60 Å². The zero-order valence-electron chi connectivity index (χ0n) is 15.5. The number of fused-ring (bicyclic) bond motifs is 1. The highest BCUT2D eigenvalue weighted by molar-refractivity contribution is 5.68. The van der Waals surface area contributed by atoms with Crippen molar-refractivity contribution in [3.05, 3.63) is 34.9 Å². The Balaban J connectivity index is 1.54. The van der Waals surface area contributed by atoms with Crippen LogP contribution in [0.5, 0.6) is 0 Å². The molecule has 0 aliphatic carbocycles. The average molecular weight is 330 g/mol. The lowest BCUT2D eigenvalue weighted by molar-refractivity contribution is 0.0134. The minimum absolute atomic E-state index is 0.166. The van der Waals surface area contributed by atoms with E-state index in [4.69, 9.17) is 4.74 Å². The molecule has 0 unspecified atom stereocenters. The molecule has 4 nitrogen and oxygen atoms in total. The van der Waals surface area contributed by atoms with E-state index in [1.807, 2.05) is 25.7 Å². The third-order valence-electron chi connectivity index (χ3n) is 5.04. The van der Waals surface area contributed by atoms with Crippen molar-refractivity contribution in [3.8, 4) is 0 Å². The first kappa shape index (κ1) is 17.3. The quantitative estimate of drug-likeness (QED) is 0.786. The Hall–Kier alpha value is -1.55. The van der Waals surface area contributed by atoms with Crippen LogP contribution in [0, 0.1) is 6.92 Å². The van der Waals surface area contributed by atoms with Gasteiger partial charge in [-0.1, -0.05) is 23.8 Å². The fourth-order valence-corrected chi connectivity index (χ4v) is 3.76. The minimum Gasteiger partial charge on any atom is -0.444 e. The number of hydrogen-bond acceptors (Lipinski definition) is 3. The zero-order valence-corrected chi connectivity index (χ0v) is 15.5. The van der Waals surface area contributed by atoms with E-state index in [1.165, 1.54) is 16.7 Å². The van der Waals surface area contributed by atoms with Gasteiger partial charge in [0.05, 0.1) is 0 Å². The summed E-state index contributed by atoms with van der Waals surface area (Å²) in [6.45, 7) is 11.7. The molecule has 0 N–H and O–H groups in total. The molecule has 0 bridgehead atoms. The molecular weight excluding hydrogens is 300 g/mol. The Kier molecular flexibility index (Phi) is 4.86. The number of hydrogen-bond donors (Lipinski definition) is 0. The van der Waals surface area contributed by atoms with Crippen LogP contribution in [0.15, 0.2) is 18.2 Å². The third kappa shape index (κ3) is 4.10. The Morgan fingerprint density at radius 3 is 2.50 bits per heavy atom. The molecule has 2 heterocycles. The maximum absolute atomic E-state index is 12.2. The van der Waals surface area contributed by atoms with Gasteiger partial charge in [0, 0.05) is 32.2 Å². The Labute approximate surface area is 145 Å². The van der Waals surface area contributed by atoms with Gasteiger partial charge in [-0.3, -0.25) is 4.90 Å². The molecule has 0 atom stereocenters. The maximum Gasteiger partial charge on any atom is 0.410 e. The van der Waals surface area contributed by atoms with Crippen molar-refractivity contribution >= 4 is 6.09 Å². The van der Waals surface area contributed by atoms with Crippen LogP contribution in [-0.4, -0.2) is 47.2 Å². The molecule has 2 aliphatic rings. The summed E-state index contributed by atoms with van der Waals surface area (Å²) in [5.74, 6) is 0. The van der Waals surface area contributed by atoms with Crippen LogP contribution < -0.4 is 0 Å². The molecule has 1 amide bonds. The predicted octanol–water partition coefficient (Wildman–Crippen LogP) is 3.75. The molecule has 0 saturated carbocycles. The van der Waals surface area contributed by atoms with E-state index in [1.54, 1.807) is 0 Å². The van der Waals surface area contributed by atoms with Crippen LogP contribution >= 0.6 is 0 Å². The third-order valence-corrected chi connectivity index (χ3v) is 5.04. The van der Waals surface area contributed by atoms with Crippen molar-refractivity contribution in [2.24, 2.45) is 0 Å². The maximum atomic E-state index is 12.2. The lowest BCUT2D eigenvalue weighted by Gasteiger charge is -2.40. The number of likely N-dealkylation sites (tertiary alicyclic amines) is 1. The van der Waals surface area contributed by atoms with E-state index >= 15 is 0 Å². The van der Waals surface area contributed by atoms with Crippen molar-refractivity contribution in [1.82, 2.24) is 9.80 Å². The number of ether oxygens (including phenoxy) is 1. The number of carbonyl (C=O) groups is 1. The second-order valence-corrected chi connectivity index (χ2v) is 8.19. The average Bonchev–Trinajstić information content (AvgIpc) is 2.53. The van der Waals surface area contributed by atoms with Crippen molar-refractivity contribution in [2.75, 3.05) is 19.6 Å². The van der Waals surface area contributed by atoms with Gasteiger partial charge in [0.2, 0.25) is 0 Å². The first-order valence-corrected chi connectivity index (χ1v) is 9.12. The Morgan fingerprint density at radius 1 is 1.12 bits per heavy atom. The van der Waals surface area contributed by atoms with E-state index in [2.05, 4.69) is 30.0 Å². The first-order chi connectivity index (χ1) is 11.3. The van der Waals surface area contributed by atoms with Gasteiger partial charge in [0.25, 0.3) is 0 Å². The summed E-state index contributed by atoms with van der Waals surface area (Å²) in [6.07, 6.45) is 3.06. The van der Waals surface area contributed by atoms with Gasteiger partial charge in [-0.05, 0) is 58.1 Å². The molecule has 1 fully saturated rings. The topological polar surface area (TPSA) is 32.8 Å². The lowest BCUT2D eigenvalue weighted by atomic mass is 9.94. The summed E-state index contributed by atoms with van der Waals surface area (Å²) in [7, 11) is 0. The van der Waals surface area contributed by atoms with E-state index in [9.17, 15) is 4.79 Å². The van der Waals surface area contributed by atoms with Crippen molar-refractivity contribution < 1.29 is 9.53 Å². The highest BCUT2D eigenvalue weighted by Gasteiger charge is 2.30. The van der Waals surface area contributed by atoms with Crippen LogP contribution in [0.25, 0.3) is 0 Å². The van der Waals surface area contributed by atoms with Crippen LogP contribution in [0.1, 0.15) is 50.3 Å². The molecule has 0 radical (unpaired) electrons. The van der Waals surface area contributed by atoms with Gasteiger partial charge in [-0.2, -0.15) is 0 Å². The van der Waals surface area contributed by atoms with Gasteiger partial charge in [-0.25, -0.2) is 4.79 Å². The molecular formula is C20H30N2O2. The second-order valence-electron chi connectivity index (χ2n) is 8.19. The van der Waals surface area contributed by atoms with Gasteiger partial charge < -0.3 is 9.64 Å². The molecule has 0 aromatic heterocycles. The molecule has 132 valence electrons. The summed E-state index contributed by atoms with van der Waals surface area (Å²) in [5, 5.41) is 0. The largest absolute Gasteiger partial charge is 0.444 e.